The summed E-state index contributed by atoms with van der Waals surface area (Å²) in [6, 6.07) is 11.9. The maximum Gasteiger partial charge on any atom is 0.232 e. The number of thiophene rings is 1. The minimum Gasteiger partial charge on any atom is -0.316 e. The van der Waals surface area contributed by atoms with Crippen molar-refractivity contribution < 1.29 is 4.79 Å². The molecule has 0 radical (unpaired) electrons. The van der Waals surface area contributed by atoms with Crippen LogP contribution >= 0.6 is 11.3 Å². The number of nitrogens with one attached hydrogen (secondary N) is 1. The van der Waals surface area contributed by atoms with Crippen molar-refractivity contribution in [2.45, 2.75) is 32.1 Å². The lowest BCUT2D eigenvalue weighted by Crippen LogP contribution is -2.18. The van der Waals surface area contributed by atoms with Crippen molar-refractivity contribution in [2.24, 2.45) is 0 Å². The first-order valence-electron chi connectivity index (χ1n) is 7.11. The first-order chi connectivity index (χ1) is 10.2. The van der Waals surface area contributed by atoms with E-state index < -0.39 is 0 Å². The Bertz CT molecular complexity index is 712. The molecule has 1 N–H and O–H groups in total. The van der Waals surface area contributed by atoms with E-state index in [1.165, 1.54) is 4.88 Å². The third kappa shape index (κ3) is 2.57. The van der Waals surface area contributed by atoms with Gasteiger partial charge in [0.05, 0.1) is 11.5 Å². The van der Waals surface area contributed by atoms with Crippen molar-refractivity contribution in [3.8, 4) is 6.07 Å². The van der Waals surface area contributed by atoms with Crippen molar-refractivity contribution in [1.29, 1.82) is 5.26 Å². The maximum atomic E-state index is 12.4. The van der Waals surface area contributed by atoms with E-state index >= 15 is 0 Å². The Hall–Kier alpha value is -2.12. The summed E-state index contributed by atoms with van der Waals surface area (Å²) in [4.78, 5) is 13.7. The Labute approximate surface area is 128 Å². The number of carbonyl (C=O) groups is 1. The van der Waals surface area contributed by atoms with E-state index in [0.29, 0.717) is 5.56 Å². The lowest BCUT2D eigenvalue weighted by Gasteiger charge is -2.11. The summed E-state index contributed by atoms with van der Waals surface area (Å²) in [5.41, 5.74) is 2.80. The largest absolute Gasteiger partial charge is 0.316 e. The van der Waals surface area contributed by atoms with Crippen LogP contribution in [0.25, 0.3) is 0 Å². The van der Waals surface area contributed by atoms with Crippen LogP contribution in [0.2, 0.25) is 0 Å². The van der Waals surface area contributed by atoms with Gasteiger partial charge in [-0.1, -0.05) is 30.3 Å². The number of fused-ring (bicyclic) bond motifs is 1. The van der Waals surface area contributed by atoms with E-state index in [4.69, 9.17) is 0 Å². The van der Waals surface area contributed by atoms with Crippen LogP contribution in [-0.2, 0) is 17.6 Å². The molecule has 0 spiro atoms. The molecule has 0 bridgehead atoms. The van der Waals surface area contributed by atoms with E-state index in [1.54, 1.807) is 11.3 Å². The summed E-state index contributed by atoms with van der Waals surface area (Å²) < 4.78 is 0. The van der Waals surface area contributed by atoms with Gasteiger partial charge in [0.15, 0.2) is 0 Å². The number of nitrogens with zero attached hydrogens (tertiary/aromatic N) is 1. The van der Waals surface area contributed by atoms with Gasteiger partial charge in [-0.2, -0.15) is 5.26 Å². The summed E-state index contributed by atoms with van der Waals surface area (Å²) in [6.45, 7) is 1.89. The zero-order valence-electron chi connectivity index (χ0n) is 11.8. The Balaban J connectivity index is 1.81. The number of aryl methyl sites for hydroxylation is 1. The lowest BCUT2D eigenvalue weighted by molar-refractivity contribution is -0.117. The van der Waals surface area contributed by atoms with Crippen LogP contribution in [0.5, 0.6) is 0 Å². The van der Waals surface area contributed by atoms with Gasteiger partial charge in [0.2, 0.25) is 5.91 Å². The maximum absolute atomic E-state index is 12.4. The molecule has 3 rings (SSSR count). The molecule has 1 aromatic heterocycles. The average Bonchev–Trinajstić information content (AvgIpc) is 3.07. The second kappa shape index (κ2) is 5.71. The number of nitriles is 1. The van der Waals surface area contributed by atoms with Crippen molar-refractivity contribution in [2.75, 3.05) is 5.32 Å². The van der Waals surface area contributed by atoms with Gasteiger partial charge < -0.3 is 5.32 Å². The summed E-state index contributed by atoms with van der Waals surface area (Å²) in [6.07, 6.45) is 3.10. The lowest BCUT2D eigenvalue weighted by atomic mass is 10.0. The third-order valence-corrected chi connectivity index (χ3v) is 5.17. The highest BCUT2D eigenvalue weighted by molar-refractivity contribution is 7.16. The Kier molecular flexibility index (Phi) is 3.76. The fourth-order valence-electron chi connectivity index (χ4n) is 2.72. The molecule has 0 saturated heterocycles. The van der Waals surface area contributed by atoms with Gasteiger partial charge in [0.25, 0.3) is 0 Å². The summed E-state index contributed by atoms with van der Waals surface area (Å²) in [7, 11) is 0. The van der Waals surface area contributed by atoms with Crippen molar-refractivity contribution in [1.82, 2.24) is 0 Å². The molecule has 1 unspecified atom stereocenters. The van der Waals surface area contributed by atoms with Crippen molar-refractivity contribution in [3.05, 3.63) is 51.9 Å². The standard InChI is InChI=1S/C17H16N2OS/c1-11(12-6-3-2-4-7-12)16(20)19-17-14(10-18)13-8-5-9-15(13)21-17/h2-4,6-7,11H,5,8-9H2,1H3,(H,19,20). The molecule has 1 aliphatic rings. The van der Waals surface area contributed by atoms with Crippen LogP contribution in [-0.4, -0.2) is 5.91 Å². The zero-order chi connectivity index (χ0) is 14.8. The molecule has 2 aromatic rings. The van der Waals surface area contributed by atoms with Crippen LogP contribution in [0.1, 0.15) is 40.8 Å². The Morgan fingerprint density at radius 1 is 1.33 bits per heavy atom. The van der Waals surface area contributed by atoms with E-state index in [9.17, 15) is 10.1 Å². The van der Waals surface area contributed by atoms with Gasteiger partial charge in [-0.15, -0.1) is 11.3 Å². The molecule has 3 nitrogen and oxygen atoms in total. The van der Waals surface area contributed by atoms with Crippen LogP contribution < -0.4 is 5.32 Å². The Morgan fingerprint density at radius 2 is 2.10 bits per heavy atom. The molecule has 106 valence electrons. The van der Waals surface area contributed by atoms with E-state index in [1.807, 2.05) is 37.3 Å². The van der Waals surface area contributed by atoms with E-state index in [2.05, 4.69) is 11.4 Å². The van der Waals surface area contributed by atoms with Gasteiger partial charge in [-0.05, 0) is 37.3 Å². The predicted octanol–water partition coefficient (Wildman–Crippen LogP) is 3.85. The van der Waals surface area contributed by atoms with E-state index in [0.717, 1.165) is 35.4 Å². The van der Waals surface area contributed by atoms with Crippen LogP contribution in [0, 0.1) is 11.3 Å². The van der Waals surface area contributed by atoms with Crippen LogP contribution in [0.15, 0.2) is 30.3 Å². The number of rotatable bonds is 3. The molecule has 1 heterocycles. The number of amides is 1. The number of anilines is 1. The molecule has 1 amide bonds. The Morgan fingerprint density at radius 3 is 2.81 bits per heavy atom. The SMILES string of the molecule is CC(C(=O)Nc1sc2c(c1C#N)CCC2)c1ccccc1. The summed E-state index contributed by atoms with van der Waals surface area (Å²) in [5.74, 6) is -0.285. The first-order valence-corrected chi connectivity index (χ1v) is 7.92. The number of carbonyl (C=O) groups excluding carboxylic acids is 1. The average molecular weight is 296 g/mol. The second-order valence-corrected chi connectivity index (χ2v) is 6.40. The highest BCUT2D eigenvalue weighted by Crippen LogP contribution is 2.38. The first kappa shape index (κ1) is 13.8. The van der Waals surface area contributed by atoms with Crippen LogP contribution in [0.4, 0.5) is 5.00 Å². The number of hydrogen-bond donors (Lipinski definition) is 1. The minimum absolute atomic E-state index is 0.0578. The van der Waals surface area contributed by atoms with Gasteiger partial charge >= 0.3 is 0 Å². The van der Waals surface area contributed by atoms with Gasteiger partial charge in [0, 0.05) is 4.88 Å². The normalized spacial score (nSPS) is 14.3. The topological polar surface area (TPSA) is 52.9 Å². The minimum atomic E-state index is -0.227. The smallest absolute Gasteiger partial charge is 0.232 e. The van der Waals surface area contributed by atoms with Crippen LogP contribution in [0.3, 0.4) is 0 Å². The van der Waals surface area contributed by atoms with E-state index in [-0.39, 0.29) is 11.8 Å². The van der Waals surface area contributed by atoms with Crippen molar-refractivity contribution in [3.63, 3.8) is 0 Å². The van der Waals surface area contributed by atoms with Crippen molar-refractivity contribution >= 4 is 22.2 Å². The molecule has 0 saturated carbocycles. The molecule has 0 aliphatic heterocycles. The molecule has 0 fully saturated rings. The molecular weight excluding hydrogens is 280 g/mol. The fraction of sp³-hybridized carbons (Fsp3) is 0.294. The quantitative estimate of drug-likeness (QED) is 0.935. The highest BCUT2D eigenvalue weighted by Gasteiger charge is 2.24. The van der Waals surface area contributed by atoms with Gasteiger partial charge in [0.1, 0.15) is 11.1 Å². The molecule has 1 aromatic carbocycles. The zero-order valence-corrected chi connectivity index (χ0v) is 12.7. The van der Waals surface area contributed by atoms with Gasteiger partial charge in [-0.25, -0.2) is 0 Å². The number of hydrogen-bond acceptors (Lipinski definition) is 3. The fourth-order valence-corrected chi connectivity index (χ4v) is 3.97. The molecular formula is C17H16N2OS. The molecule has 1 atom stereocenters. The molecule has 21 heavy (non-hydrogen) atoms. The van der Waals surface area contributed by atoms with Gasteiger partial charge in [-0.3, -0.25) is 4.79 Å². The highest BCUT2D eigenvalue weighted by atomic mass is 32.1. The molecule has 1 aliphatic carbocycles. The monoisotopic (exact) mass is 296 g/mol. The third-order valence-electron chi connectivity index (χ3n) is 3.96. The second-order valence-electron chi connectivity index (χ2n) is 5.29. The molecule has 4 heteroatoms. The summed E-state index contributed by atoms with van der Waals surface area (Å²) >= 11 is 1.56. The predicted molar refractivity (Wildman–Crippen MR) is 84.5 cm³/mol. The number of benzene rings is 1. The summed E-state index contributed by atoms with van der Waals surface area (Å²) in [5, 5.41) is 13.0.